The Morgan fingerprint density at radius 3 is 2.79 bits per heavy atom. The molecule has 3 aromatic rings. The lowest BCUT2D eigenvalue weighted by molar-refractivity contribution is 0.171. The van der Waals surface area contributed by atoms with Crippen molar-refractivity contribution in [1.29, 1.82) is 5.26 Å². The number of rotatable bonds is 5. The van der Waals surface area contributed by atoms with Gasteiger partial charge in [0.1, 0.15) is 6.07 Å². The number of benzene rings is 1. The van der Waals surface area contributed by atoms with Crippen molar-refractivity contribution in [3.63, 3.8) is 0 Å². The second-order valence-corrected chi connectivity index (χ2v) is 9.96. The zero-order valence-corrected chi connectivity index (χ0v) is 18.9. The van der Waals surface area contributed by atoms with E-state index in [-0.39, 0.29) is 0 Å². The molecule has 6 rings (SSSR count). The Morgan fingerprint density at radius 2 is 2.03 bits per heavy atom. The molecule has 0 amide bonds. The predicted octanol–water partition coefficient (Wildman–Crippen LogP) is 3.06. The Hall–Kier alpha value is -3.02. The van der Waals surface area contributed by atoms with Gasteiger partial charge in [0.15, 0.2) is 5.82 Å². The van der Waals surface area contributed by atoms with Crippen molar-refractivity contribution in [2.45, 2.75) is 25.3 Å². The van der Waals surface area contributed by atoms with Gasteiger partial charge in [0.05, 0.1) is 23.4 Å². The highest BCUT2D eigenvalue weighted by Crippen LogP contribution is 2.40. The molecule has 1 aromatic carbocycles. The van der Waals surface area contributed by atoms with Crippen LogP contribution in [0.4, 0.5) is 5.82 Å². The van der Waals surface area contributed by atoms with Gasteiger partial charge in [-0.25, -0.2) is 0 Å². The molecule has 2 aliphatic heterocycles. The maximum absolute atomic E-state index is 9.78. The first kappa shape index (κ1) is 20.6. The number of hydrogen-bond donors (Lipinski definition) is 1. The van der Waals surface area contributed by atoms with Crippen molar-refractivity contribution in [1.82, 2.24) is 24.9 Å². The first-order valence-corrected chi connectivity index (χ1v) is 11.9. The fourth-order valence-electron chi connectivity index (χ4n) is 5.98. The summed E-state index contributed by atoms with van der Waals surface area (Å²) in [6, 6.07) is 10.5. The van der Waals surface area contributed by atoms with Gasteiger partial charge in [-0.15, -0.1) is 10.2 Å². The second kappa shape index (κ2) is 8.40. The fourth-order valence-corrected chi connectivity index (χ4v) is 5.98. The van der Waals surface area contributed by atoms with Gasteiger partial charge in [0.25, 0.3) is 0 Å². The van der Waals surface area contributed by atoms with Gasteiger partial charge in [-0.3, -0.25) is 4.68 Å². The SMILES string of the molecule is Cn1cc2cc(-c3cc(C#N)c(NC4C[C@@H]5CN(C[C@H]6CCOC6)C[C@@H]5C4)nn3)ccc2n1. The third-order valence-electron chi connectivity index (χ3n) is 7.54. The first-order chi connectivity index (χ1) is 16.1. The molecule has 1 N–H and O–H groups in total. The number of aromatic nitrogens is 4. The summed E-state index contributed by atoms with van der Waals surface area (Å²) < 4.78 is 7.34. The van der Waals surface area contributed by atoms with E-state index in [4.69, 9.17) is 4.74 Å². The largest absolute Gasteiger partial charge is 0.381 e. The highest BCUT2D eigenvalue weighted by Gasteiger charge is 2.41. The molecule has 1 saturated carbocycles. The van der Waals surface area contributed by atoms with Gasteiger partial charge < -0.3 is 15.0 Å². The maximum Gasteiger partial charge on any atom is 0.166 e. The standard InChI is InChI=1S/C25H29N7O/c1-31-12-21-6-17(2-3-23(21)30-31)24-9-18(10-26)25(29-28-24)27-22-7-19-13-32(14-20(19)8-22)11-16-4-5-33-15-16/h2-3,6,9,12,16,19-20,22H,4-5,7-8,11,13-15H2,1H3,(H,27,29)/t16-,19-,20+,22?/m1/s1. The molecule has 1 aliphatic carbocycles. The van der Waals surface area contributed by atoms with Crippen LogP contribution in [0.15, 0.2) is 30.5 Å². The zero-order valence-electron chi connectivity index (χ0n) is 18.9. The molecule has 33 heavy (non-hydrogen) atoms. The minimum Gasteiger partial charge on any atom is -0.381 e. The van der Waals surface area contributed by atoms with Gasteiger partial charge >= 0.3 is 0 Å². The monoisotopic (exact) mass is 443 g/mol. The van der Waals surface area contributed by atoms with Crippen molar-refractivity contribution in [2.75, 3.05) is 38.2 Å². The van der Waals surface area contributed by atoms with Crippen LogP contribution in [0, 0.1) is 29.1 Å². The summed E-state index contributed by atoms with van der Waals surface area (Å²) in [6.45, 7) is 5.41. The van der Waals surface area contributed by atoms with E-state index < -0.39 is 0 Å². The predicted molar refractivity (Wildman–Crippen MR) is 125 cm³/mol. The lowest BCUT2D eigenvalue weighted by Gasteiger charge is -2.22. The van der Waals surface area contributed by atoms with E-state index in [2.05, 4.69) is 31.6 Å². The number of ether oxygens (including phenoxy) is 1. The highest BCUT2D eigenvalue weighted by atomic mass is 16.5. The number of fused-ring (bicyclic) bond motifs is 2. The Balaban J connectivity index is 1.12. The Kier molecular flexibility index (Phi) is 5.24. The molecule has 8 nitrogen and oxygen atoms in total. The molecule has 3 fully saturated rings. The van der Waals surface area contributed by atoms with Crippen molar-refractivity contribution in [3.8, 4) is 17.3 Å². The van der Waals surface area contributed by atoms with E-state index in [1.165, 1.54) is 26.1 Å². The minimum absolute atomic E-state index is 0.357. The molecule has 4 heterocycles. The van der Waals surface area contributed by atoms with Crippen LogP contribution in [0.25, 0.3) is 22.2 Å². The number of likely N-dealkylation sites (tertiary alicyclic amines) is 1. The Labute approximate surface area is 193 Å². The summed E-state index contributed by atoms with van der Waals surface area (Å²) in [4.78, 5) is 2.64. The van der Waals surface area contributed by atoms with Crippen LogP contribution in [0.5, 0.6) is 0 Å². The maximum atomic E-state index is 9.78. The van der Waals surface area contributed by atoms with Crippen molar-refractivity contribution in [2.24, 2.45) is 24.8 Å². The average Bonchev–Trinajstić information content (AvgIpc) is 3.58. The van der Waals surface area contributed by atoms with E-state index in [9.17, 15) is 5.26 Å². The van der Waals surface area contributed by atoms with Gasteiger partial charge in [-0.1, -0.05) is 6.07 Å². The van der Waals surface area contributed by atoms with Crippen LogP contribution in [0.3, 0.4) is 0 Å². The topological polar surface area (TPSA) is 91.9 Å². The number of nitrogens with zero attached hydrogens (tertiary/aromatic N) is 6. The van der Waals surface area contributed by atoms with Crippen molar-refractivity contribution < 1.29 is 4.74 Å². The second-order valence-electron chi connectivity index (χ2n) is 9.96. The third-order valence-corrected chi connectivity index (χ3v) is 7.54. The number of hydrogen-bond acceptors (Lipinski definition) is 7. The van der Waals surface area contributed by atoms with Crippen molar-refractivity contribution >= 4 is 16.7 Å². The number of nitriles is 1. The minimum atomic E-state index is 0.357. The summed E-state index contributed by atoms with van der Waals surface area (Å²) in [5.41, 5.74) is 3.13. The van der Waals surface area contributed by atoms with E-state index in [0.29, 0.717) is 29.0 Å². The third kappa shape index (κ3) is 4.07. The van der Waals surface area contributed by atoms with Crippen LogP contribution in [-0.2, 0) is 11.8 Å². The Morgan fingerprint density at radius 1 is 1.18 bits per heavy atom. The molecule has 0 bridgehead atoms. The quantitative estimate of drug-likeness (QED) is 0.648. The molecular formula is C25H29N7O. The van der Waals surface area contributed by atoms with Crippen LogP contribution >= 0.6 is 0 Å². The smallest absolute Gasteiger partial charge is 0.166 e. The molecule has 4 atom stereocenters. The molecule has 0 radical (unpaired) electrons. The molecule has 2 saturated heterocycles. The lowest BCUT2D eigenvalue weighted by Crippen LogP contribution is -2.30. The van der Waals surface area contributed by atoms with Crippen molar-refractivity contribution in [3.05, 3.63) is 36.0 Å². The van der Waals surface area contributed by atoms with Crippen LogP contribution < -0.4 is 5.32 Å². The van der Waals surface area contributed by atoms with Gasteiger partial charge in [-0.2, -0.15) is 10.4 Å². The number of aryl methyl sites for hydroxylation is 1. The molecule has 0 spiro atoms. The summed E-state index contributed by atoms with van der Waals surface area (Å²) >= 11 is 0. The average molecular weight is 444 g/mol. The van der Waals surface area contributed by atoms with Gasteiger partial charge in [-0.05, 0) is 55.2 Å². The lowest BCUT2D eigenvalue weighted by atomic mass is 10.0. The van der Waals surface area contributed by atoms with E-state index in [0.717, 1.165) is 54.4 Å². The summed E-state index contributed by atoms with van der Waals surface area (Å²) in [5, 5.41) is 27.7. The highest BCUT2D eigenvalue weighted by molar-refractivity contribution is 5.83. The summed E-state index contributed by atoms with van der Waals surface area (Å²) in [6.07, 6.45) is 5.45. The van der Waals surface area contributed by atoms with Crippen LogP contribution in [0.2, 0.25) is 0 Å². The van der Waals surface area contributed by atoms with E-state index in [1.54, 1.807) is 4.68 Å². The molecule has 8 heteroatoms. The van der Waals surface area contributed by atoms with Crippen LogP contribution in [0.1, 0.15) is 24.8 Å². The summed E-state index contributed by atoms with van der Waals surface area (Å²) in [7, 11) is 1.91. The Bertz CT molecular complexity index is 1200. The molecule has 1 unspecified atom stereocenters. The molecule has 3 aliphatic rings. The molecule has 2 aromatic heterocycles. The molecular weight excluding hydrogens is 414 g/mol. The number of anilines is 1. The molecule has 170 valence electrons. The van der Waals surface area contributed by atoms with Crippen LogP contribution in [-0.4, -0.2) is 63.8 Å². The zero-order chi connectivity index (χ0) is 22.4. The fraction of sp³-hybridized carbons (Fsp3) is 0.520. The van der Waals surface area contributed by atoms with Gasteiger partial charge in [0, 0.05) is 56.5 Å². The number of nitrogens with one attached hydrogen (secondary N) is 1. The van der Waals surface area contributed by atoms with E-state index in [1.807, 2.05) is 37.5 Å². The summed E-state index contributed by atoms with van der Waals surface area (Å²) in [5.74, 6) is 2.78. The first-order valence-electron chi connectivity index (χ1n) is 11.9. The normalized spacial score (nSPS) is 27.2. The van der Waals surface area contributed by atoms with E-state index >= 15 is 0 Å². The van der Waals surface area contributed by atoms with Gasteiger partial charge in [0.2, 0.25) is 0 Å².